The van der Waals surface area contributed by atoms with E-state index in [1.807, 2.05) is 52.0 Å². The second-order valence-electron chi connectivity index (χ2n) is 5.69. The van der Waals surface area contributed by atoms with E-state index in [9.17, 15) is 0 Å². The summed E-state index contributed by atoms with van der Waals surface area (Å²) in [6, 6.07) is 7.75. The molecule has 0 spiro atoms. The maximum atomic E-state index is 5.99. The quantitative estimate of drug-likeness (QED) is 0.627. The molecule has 1 fully saturated rings. The molecule has 3 nitrogen and oxygen atoms in total. The van der Waals surface area contributed by atoms with Crippen molar-refractivity contribution in [3.63, 3.8) is 0 Å². The smallest absolute Gasteiger partial charge is 0.492 e. The SMILES string of the molecule is CC1(C)OB(c2ccc(OCCCl)cc2)OC1(C)C. The lowest BCUT2D eigenvalue weighted by Crippen LogP contribution is -2.41. The third kappa shape index (κ3) is 3.07. The molecule has 0 aromatic heterocycles. The van der Waals surface area contributed by atoms with E-state index in [-0.39, 0.29) is 18.3 Å². The van der Waals surface area contributed by atoms with Crippen LogP contribution < -0.4 is 10.2 Å². The molecule has 1 saturated heterocycles. The van der Waals surface area contributed by atoms with Crippen LogP contribution in [0, 0.1) is 0 Å². The summed E-state index contributed by atoms with van der Waals surface area (Å²) >= 11 is 5.58. The third-order valence-electron chi connectivity index (χ3n) is 3.75. The van der Waals surface area contributed by atoms with Crippen molar-refractivity contribution in [1.82, 2.24) is 0 Å². The minimum Gasteiger partial charge on any atom is -0.492 e. The Hall–Kier alpha value is -0.705. The van der Waals surface area contributed by atoms with E-state index in [1.165, 1.54) is 0 Å². The van der Waals surface area contributed by atoms with Gasteiger partial charge < -0.3 is 14.0 Å². The summed E-state index contributed by atoms with van der Waals surface area (Å²) in [5.74, 6) is 1.29. The van der Waals surface area contributed by atoms with E-state index in [0.29, 0.717) is 12.5 Å². The second-order valence-corrected chi connectivity index (χ2v) is 6.07. The Morgan fingerprint density at radius 3 is 2.05 bits per heavy atom. The maximum absolute atomic E-state index is 5.99. The number of benzene rings is 1. The van der Waals surface area contributed by atoms with Crippen LogP contribution in [0.1, 0.15) is 27.7 Å². The molecule has 0 saturated carbocycles. The Morgan fingerprint density at radius 1 is 1.05 bits per heavy atom. The number of hydrogen-bond donors (Lipinski definition) is 0. The topological polar surface area (TPSA) is 27.7 Å². The maximum Gasteiger partial charge on any atom is 0.494 e. The van der Waals surface area contributed by atoms with E-state index in [0.717, 1.165) is 11.2 Å². The summed E-state index contributed by atoms with van der Waals surface area (Å²) in [6.07, 6.45) is 0. The van der Waals surface area contributed by atoms with E-state index in [2.05, 4.69) is 0 Å². The molecule has 1 aliphatic rings. The molecule has 0 aliphatic carbocycles. The zero-order valence-electron chi connectivity index (χ0n) is 11.9. The highest BCUT2D eigenvalue weighted by Crippen LogP contribution is 2.36. The van der Waals surface area contributed by atoms with Crippen LogP contribution in [0.2, 0.25) is 0 Å². The lowest BCUT2D eigenvalue weighted by molar-refractivity contribution is 0.00578. The highest BCUT2D eigenvalue weighted by molar-refractivity contribution is 6.62. The van der Waals surface area contributed by atoms with Gasteiger partial charge in [0.05, 0.1) is 17.1 Å². The summed E-state index contributed by atoms with van der Waals surface area (Å²) in [6.45, 7) is 8.70. The molecule has 5 heteroatoms. The zero-order valence-corrected chi connectivity index (χ0v) is 12.7. The molecule has 19 heavy (non-hydrogen) atoms. The molecule has 1 heterocycles. The minimum absolute atomic E-state index is 0.314. The Morgan fingerprint density at radius 2 is 1.58 bits per heavy atom. The first-order valence-electron chi connectivity index (χ1n) is 6.50. The molecule has 0 bridgehead atoms. The molecule has 2 rings (SSSR count). The van der Waals surface area contributed by atoms with Crippen LogP contribution in [-0.4, -0.2) is 30.8 Å². The lowest BCUT2D eigenvalue weighted by Gasteiger charge is -2.32. The van der Waals surface area contributed by atoms with Crippen molar-refractivity contribution in [2.45, 2.75) is 38.9 Å². The molecular weight excluding hydrogens is 262 g/mol. The van der Waals surface area contributed by atoms with Crippen molar-refractivity contribution >= 4 is 24.2 Å². The van der Waals surface area contributed by atoms with Gasteiger partial charge in [0.15, 0.2) is 0 Å². The first-order valence-corrected chi connectivity index (χ1v) is 7.03. The molecule has 1 aromatic rings. The van der Waals surface area contributed by atoms with Crippen LogP contribution in [0.5, 0.6) is 5.75 Å². The zero-order chi connectivity index (χ0) is 14.1. The fourth-order valence-electron chi connectivity index (χ4n) is 1.86. The fourth-order valence-corrected chi connectivity index (χ4v) is 1.93. The van der Waals surface area contributed by atoms with E-state index in [4.69, 9.17) is 25.6 Å². The van der Waals surface area contributed by atoms with Crippen LogP contribution >= 0.6 is 11.6 Å². The molecular formula is C14H20BClO3. The van der Waals surface area contributed by atoms with Gasteiger partial charge in [0, 0.05) is 0 Å². The highest BCUT2D eigenvalue weighted by Gasteiger charge is 2.51. The summed E-state index contributed by atoms with van der Waals surface area (Å²) in [4.78, 5) is 0. The van der Waals surface area contributed by atoms with Gasteiger partial charge in [0.2, 0.25) is 0 Å². The molecule has 104 valence electrons. The van der Waals surface area contributed by atoms with Gasteiger partial charge in [-0.25, -0.2) is 0 Å². The van der Waals surface area contributed by atoms with Crippen LogP contribution in [-0.2, 0) is 9.31 Å². The van der Waals surface area contributed by atoms with Crippen LogP contribution in [0.25, 0.3) is 0 Å². The van der Waals surface area contributed by atoms with Gasteiger partial charge in [-0.15, -0.1) is 11.6 Å². The molecule has 1 aromatic carbocycles. The van der Waals surface area contributed by atoms with Gasteiger partial charge in [-0.3, -0.25) is 0 Å². The Kier molecular flexibility index (Phi) is 4.14. The van der Waals surface area contributed by atoms with Crippen LogP contribution in [0.4, 0.5) is 0 Å². The molecule has 0 unspecified atom stereocenters. The van der Waals surface area contributed by atoms with Gasteiger partial charge in [0.25, 0.3) is 0 Å². The average Bonchev–Trinajstić information content (AvgIpc) is 2.56. The predicted octanol–water partition coefficient (Wildman–Crippen LogP) is 2.60. The van der Waals surface area contributed by atoms with Crippen molar-refractivity contribution in [2.75, 3.05) is 12.5 Å². The van der Waals surface area contributed by atoms with Gasteiger partial charge in [-0.2, -0.15) is 0 Å². The normalized spacial score (nSPS) is 20.6. The first-order chi connectivity index (χ1) is 8.86. The molecule has 1 aliphatic heterocycles. The predicted molar refractivity (Wildman–Crippen MR) is 78.4 cm³/mol. The summed E-state index contributed by atoms with van der Waals surface area (Å²) in [5.41, 5.74) is 0.369. The van der Waals surface area contributed by atoms with Gasteiger partial charge in [-0.1, -0.05) is 12.1 Å². The number of ether oxygens (including phenoxy) is 1. The van der Waals surface area contributed by atoms with Gasteiger partial charge in [-0.05, 0) is 45.3 Å². The van der Waals surface area contributed by atoms with E-state index >= 15 is 0 Å². The average molecular weight is 283 g/mol. The Balaban J connectivity index is 2.08. The van der Waals surface area contributed by atoms with E-state index < -0.39 is 0 Å². The van der Waals surface area contributed by atoms with E-state index in [1.54, 1.807) is 0 Å². The van der Waals surface area contributed by atoms with Crippen molar-refractivity contribution in [2.24, 2.45) is 0 Å². The fraction of sp³-hybridized carbons (Fsp3) is 0.571. The second kappa shape index (κ2) is 5.35. The number of rotatable bonds is 4. The van der Waals surface area contributed by atoms with Crippen molar-refractivity contribution in [3.05, 3.63) is 24.3 Å². The Labute approximate surface area is 120 Å². The number of halogens is 1. The summed E-state index contributed by atoms with van der Waals surface area (Å²) in [7, 11) is -0.327. The van der Waals surface area contributed by atoms with Gasteiger partial charge in [0.1, 0.15) is 12.4 Å². The third-order valence-corrected chi connectivity index (χ3v) is 3.91. The molecule has 0 radical (unpaired) electrons. The monoisotopic (exact) mass is 282 g/mol. The number of alkyl halides is 1. The summed E-state index contributed by atoms with van der Waals surface area (Å²) < 4.78 is 17.4. The number of hydrogen-bond acceptors (Lipinski definition) is 3. The van der Waals surface area contributed by atoms with Crippen LogP contribution in [0.15, 0.2) is 24.3 Å². The van der Waals surface area contributed by atoms with Crippen molar-refractivity contribution < 1.29 is 14.0 Å². The van der Waals surface area contributed by atoms with Crippen molar-refractivity contribution in [3.8, 4) is 5.75 Å². The first kappa shape index (κ1) is 14.7. The Bertz CT molecular complexity index is 415. The largest absolute Gasteiger partial charge is 0.494 e. The molecule has 0 atom stereocenters. The lowest BCUT2D eigenvalue weighted by atomic mass is 9.79. The standard InChI is InChI=1S/C14H20BClO3/c1-13(2)14(3,4)19-15(18-13)11-5-7-12(8-6-11)17-10-9-16/h5-8H,9-10H2,1-4H3. The minimum atomic E-state index is -0.327. The highest BCUT2D eigenvalue weighted by atomic mass is 35.5. The van der Waals surface area contributed by atoms with Crippen molar-refractivity contribution in [1.29, 1.82) is 0 Å². The van der Waals surface area contributed by atoms with Gasteiger partial charge >= 0.3 is 7.12 Å². The summed E-state index contributed by atoms with van der Waals surface area (Å²) in [5, 5.41) is 0. The molecule has 0 amide bonds. The van der Waals surface area contributed by atoms with Crippen LogP contribution in [0.3, 0.4) is 0 Å². The molecule has 0 N–H and O–H groups in total.